The number of aryl methyl sites for hydroxylation is 2. The number of fused-ring (bicyclic) bond motifs is 3. The maximum Gasteiger partial charge on any atom is 0.114 e. The number of nitrogens with zero attached hydrogens (tertiary/aromatic N) is 1. The van der Waals surface area contributed by atoms with E-state index in [2.05, 4.69) is 19.2 Å². The van der Waals surface area contributed by atoms with Gasteiger partial charge in [-0.05, 0) is 64.2 Å². The lowest BCUT2D eigenvalue weighted by atomic mass is 9.80. The van der Waals surface area contributed by atoms with Gasteiger partial charge in [-0.3, -0.25) is 0 Å². The molecule has 3 unspecified atom stereocenters. The summed E-state index contributed by atoms with van der Waals surface area (Å²) in [6, 6.07) is 0.554. The Hall–Kier alpha value is -0.410. The molecule has 0 spiro atoms. The van der Waals surface area contributed by atoms with Gasteiger partial charge in [0.25, 0.3) is 0 Å². The average Bonchev–Trinajstić information content (AvgIpc) is 3.06. The van der Waals surface area contributed by atoms with Crippen LogP contribution < -0.4 is 5.32 Å². The van der Waals surface area contributed by atoms with Crippen LogP contribution in [0.1, 0.15) is 61.5 Å². The zero-order chi connectivity index (χ0) is 13.0. The Balaban J connectivity index is 1.73. The Morgan fingerprint density at radius 3 is 2.84 bits per heavy atom. The summed E-state index contributed by atoms with van der Waals surface area (Å²) in [6.07, 6.45) is 9.46. The first-order valence-electron chi connectivity index (χ1n) is 7.94. The van der Waals surface area contributed by atoms with E-state index in [-0.39, 0.29) is 5.54 Å². The number of thiazole rings is 1. The highest BCUT2D eigenvalue weighted by Crippen LogP contribution is 2.56. The van der Waals surface area contributed by atoms with Gasteiger partial charge >= 0.3 is 0 Å². The Labute approximate surface area is 120 Å². The van der Waals surface area contributed by atoms with E-state index >= 15 is 0 Å². The van der Waals surface area contributed by atoms with Gasteiger partial charge in [0.1, 0.15) is 5.01 Å². The normalized spacial score (nSPS) is 36.4. The molecule has 2 bridgehead atoms. The molecule has 1 aromatic heterocycles. The van der Waals surface area contributed by atoms with Gasteiger partial charge in [-0.25, -0.2) is 4.98 Å². The molecule has 3 aliphatic rings. The molecule has 3 aliphatic carbocycles. The summed E-state index contributed by atoms with van der Waals surface area (Å²) in [6.45, 7) is 4.57. The SMILES string of the molecule is CC(C)NC1(c2nc3c(s2)CCC3)CC2CCC1C2. The van der Waals surface area contributed by atoms with Gasteiger partial charge in [0.15, 0.2) is 0 Å². The summed E-state index contributed by atoms with van der Waals surface area (Å²) >= 11 is 2.03. The molecule has 0 aliphatic heterocycles. The number of hydrogen-bond donors (Lipinski definition) is 1. The van der Waals surface area contributed by atoms with Gasteiger partial charge in [-0.1, -0.05) is 6.42 Å². The van der Waals surface area contributed by atoms with Crippen LogP contribution in [0.5, 0.6) is 0 Å². The van der Waals surface area contributed by atoms with Crippen LogP contribution in [0.3, 0.4) is 0 Å². The molecule has 3 heteroatoms. The number of nitrogens with one attached hydrogen (secondary N) is 1. The topological polar surface area (TPSA) is 24.9 Å². The van der Waals surface area contributed by atoms with Crippen molar-refractivity contribution in [2.75, 3.05) is 0 Å². The van der Waals surface area contributed by atoms with Crippen molar-refractivity contribution < 1.29 is 0 Å². The summed E-state index contributed by atoms with van der Waals surface area (Å²) in [4.78, 5) is 6.66. The fourth-order valence-electron chi connectivity index (χ4n) is 4.73. The second-order valence-electron chi connectivity index (χ2n) is 7.09. The Morgan fingerprint density at radius 2 is 2.21 bits per heavy atom. The van der Waals surface area contributed by atoms with Gasteiger partial charge in [0.05, 0.1) is 11.2 Å². The second kappa shape index (κ2) is 4.29. The molecule has 104 valence electrons. The van der Waals surface area contributed by atoms with Crippen LogP contribution >= 0.6 is 11.3 Å². The highest BCUT2D eigenvalue weighted by molar-refractivity contribution is 7.12. The fourth-order valence-corrected chi connectivity index (χ4v) is 6.12. The van der Waals surface area contributed by atoms with Crippen LogP contribution in [-0.4, -0.2) is 11.0 Å². The molecule has 19 heavy (non-hydrogen) atoms. The molecule has 0 saturated heterocycles. The molecule has 2 fully saturated rings. The third-order valence-corrected chi connectivity index (χ3v) is 6.71. The van der Waals surface area contributed by atoms with Crippen molar-refractivity contribution in [1.82, 2.24) is 10.3 Å². The molecule has 2 nitrogen and oxygen atoms in total. The van der Waals surface area contributed by atoms with Crippen molar-refractivity contribution in [3.05, 3.63) is 15.6 Å². The van der Waals surface area contributed by atoms with Crippen LogP contribution in [0.4, 0.5) is 0 Å². The highest BCUT2D eigenvalue weighted by atomic mass is 32.1. The molecule has 1 heterocycles. The van der Waals surface area contributed by atoms with Gasteiger partial charge in [0, 0.05) is 10.9 Å². The molecule has 1 N–H and O–H groups in total. The van der Waals surface area contributed by atoms with Crippen LogP contribution in [0, 0.1) is 11.8 Å². The van der Waals surface area contributed by atoms with Gasteiger partial charge in [0.2, 0.25) is 0 Å². The minimum absolute atomic E-state index is 0.228. The first-order valence-corrected chi connectivity index (χ1v) is 8.76. The summed E-state index contributed by atoms with van der Waals surface area (Å²) in [5.74, 6) is 1.79. The van der Waals surface area contributed by atoms with Crippen molar-refractivity contribution in [2.45, 2.75) is 70.4 Å². The van der Waals surface area contributed by atoms with Crippen molar-refractivity contribution in [3.63, 3.8) is 0 Å². The van der Waals surface area contributed by atoms with E-state index in [9.17, 15) is 0 Å². The maximum absolute atomic E-state index is 5.07. The van der Waals surface area contributed by atoms with E-state index in [4.69, 9.17) is 4.98 Å². The van der Waals surface area contributed by atoms with E-state index in [1.165, 1.54) is 55.6 Å². The molecule has 0 amide bonds. The summed E-state index contributed by atoms with van der Waals surface area (Å²) in [7, 11) is 0. The lowest BCUT2D eigenvalue weighted by Gasteiger charge is -2.39. The molecule has 4 rings (SSSR count). The van der Waals surface area contributed by atoms with Crippen molar-refractivity contribution in [2.24, 2.45) is 11.8 Å². The van der Waals surface area contributed by atoms with Gasteiger partial charge in [-0.2, -0.15) is 0 Å². The van der Waals surface area contributed by atoms with E-state index in [1.54, 1.807) is 4.88 Å². The van der Waals surface area contributed by atoms with E-state index in [0.29, 0.717) is 6.04 Å². The first-order chi connectivity index (χ1) is 9.17. The summed E-state index contributed by atoms with van der Waals surface area (Å²) in [5, 5.41) is 5.37. The van der Waals surface area contributed by atoms with Gasteiger partial charge < -0.3 is 5.32 Å². The molecule has 0 aromatic carbocycles. The van der Waals surface area contributed by atoms with Crippen LogP contribution in [0.2, 0.25) is 0 Å². The standard InChI is InChI=1S/C16H24N2S/c1-10(2)18-16(9-11-6-7-12(16)8-11)15-17-13-4-3-5-14(13)19-15/h10-12,18H,3-9H2,1-2H3. The third-order valence-electron chi connectivity index (χ3n) is 5.37. The van der Waals surface area contributed by atoms with Crippen LogP contribution in [0.25, 0.3) is 0 Å². The third kappa shape index (κ3) is 1.81. The second-order valence-corrected chi connectivity index (χ2v) is 8.18. The highest BCUT2D eigenvalue weighted by Gasteiger charge is 2.53. The van der Waals surface area contributed by atoms with Crippen molar-refractivity contribution >= 4 is 11.3 Å². The largest absolute Gasteiger partial charge is 0.303 e. The molecule has 3 atom stereocenters. The molecule has 0 radical (unpaired) electrons. The minimum atomic E-state index is 0.228. The quantitative estimate of drug-likeness (QED) is 0.911. The van der Waals surface area contributed by atoms with Gasteiger partial charge in [-0.15, -0.1) is 11.3 Å². The molecule has 1 aromatic rings. The smallest absolute Gasteiger partial charge is 0.114 e. The summed E-state index contributed by atoms with van der Waals surface area (Å²) in [5.41, 5.74) is 1.65. The lowest BCUT2D eigenvalue weighted by Crippen LogP contribution is -2.49. The van der Waals surface area contributed by atoms with E-state index in [0.717, 1.165) is 11.8 Å². The lowest BCUT2D eigenvalue weighted by molar-refractivity contribution is 0.193. The van der Waals surface area contributed by atoms with E-state index < -0.39 is 0 Å². The Kier molecular flexibility index (Phi) is 2.79. The Bertz CT molecular complexity index is 471. The predicted molar refractivity (Wildman–Crippen MR) is 79.5 cm³/mol. The predicted octanol–water partition coefficient (Wildman–Crippen LogP) is 3.65. The van der Waals surface area contributed by atoms with E-state index in [1.807, 2.05) is 11.3 Å². The molecule has 2 saturated carbocycles. The molecular weight excluding hydrogens is 252 g/mol. The van der Waals surface area contributed by atoms with Crippen LogP contribution in [0.15, 0.2) is 0 Å². The first kappa shape index (κ1) is 12.3. The zero-order valence-corrected chi connectivity index (χ0v) is 12.9. The summed E-state index contributed by atoms with van der Waals surface area (Å²) < 4.78 is 0. The minimum Gasteiger partial charge on any atom is -0.303 e. The number of rotatable bonds is 3. The number of hydrogen-bond acceptors (Lipinski definition) is 3. The average molecular weight is 276 g/mol. The monoisotopic (exact) mass is 276 g/mol. The van der Waals surface area contributed by atoms with Crippen LogP contribution in [-0.2, 0) is 18.4 Å². The molecular formula is C16H24N2S. The fraction of sp³-hybridized carbons (Fsp3) is 0.812. The van der Waals surface area contributed by atoms with Crippen molar-refractivity contribution in [3.8, 4) is 0 Å². The number of aromatic nitrogens is 1. The zero-order valence-electron chi connectivity index (χ0n) is 12.0. The Morgan fingerprint density at radius 1 is 1.32 bits per heavy atom. The van der Waals surface area contributed by atoms with Crippen molar-refractivity contribution in [1.29, 1.82) is 0 Å². The maximum atomic E-state index is 5.07.